The predicted molar refractivity (Wildman–Crippen MR) is 55.1 cm³/mol. The molecular formula is C12H20. The summed E-state index contributed by atoms with van der Waals surface area (Å²) in [6.07, 6.45) is 14.5. The van der Waals surface area contributed by atoms with Gasteiger partial charge in [-0.3, -0.25) is 0 Å². The van der Waals surface area contributed by atoms with Crippen LogP contribution in [0.15, 0.2) is 24.3 Å². The molecule has 2 atom stereocenters. The molecule has 0 aromatic rings. The second-order valence-electron chi connectivity index (χ2n) is 3.84. The summed E-state index contributed by atoms with van der Waals surface area (Å²) < 4.78 is 0. The van der Waals surface area contributed by atoms with E-state index in [4.69, 9.17) is 0 Å². The van der Waals surface area contributed by atoms with E-state index in [2.05, 4.69) is 38.2 Å². The quantitative estimate of drug-likeness (QED) is 0.542. The summed E-state index contributed by atoms with van der Waals surface area (Å²) in [7, 11) is 0. The van der Waals surface area contributed by atoms with Gasteiger partial charge in [0.1, 0.15) is 0 Å². The van der Waals surface area contributed by atoms with Crippen molar-refractivity contribution in [1.29, 1.82) is 0 Å². The van der Waals surface area contributed by atoms with E-state index in [0.717, 1.165) is 11.8 Å². The van der Waals surface area contributed by atoms with Gasteiger partial charge >= 0.3 is 0 Å². The van der Waals surface area contributed by atoms with Crippen molar-refractivity contribution in [1.82, 2.24) is 0 Å². The van der Waals surface area contributed by atoms with Crippen LogP contribution >= 0.6 is 0 Å². The molecule has 0 heterocycles. The maximum absolute atomic E-state index is 2.38. The van der Waals surface area contributed by atoms with E-state index in [1.807, 2.05) is 0 Å². The molecule has 0 radical (unpaired) electrons. The van der Waals surface area contributed by atoms with Gasteiger partial charge in [-0.2, -0.15) is 0 Å². The fourth-order valence-electron chi connectivity index (χ4n) is 1.95. The molecule has 0 saturated heterocycles. The molecule has 0 heteroatoms. The molecular weight excluding hydrogens is 144 g/mol. The molecule has 1 saturated carbocycles. The summed E-state index contributed by atoms with van der Waals surface area (Å²) in [6, 6.07) is 0. The van der Waals surface area contributed by atoms with Crippen molar-refractivity contribution in [2.75, 3.05) is 0 Å². The lowest BCUT2D eigenvalue weighted by Crippen LogP contribution is -2.13. The second-order valence-corrected chi connectivity index (χ2v) is 3.84. The highest BCUT2D eigenvalue weighted by molar-refractivity contribution is 5.04. The van der Waals surface area contributed by atoms with Crippen molar-refractivity contribution in [3.63, 3.8) is 0 Å². The lowest BCUT2D eigenvalue weighted by atomic mass is 9.80. The molecule has 0 amide bonds. The zero-order valence-electron chi connectivity index (χ0n) is 8.29. The Morgan fingerprint density at radius 1 is 1.08 bits per heavy atom. The van der Waals surface area contributed by atoms with Crippen LogP contribution in [0.1, 0.15) is 39.5 Å². The van der Waals surface area contributed by atoms with Crippen LogP contribution in [0.25, 0.3) is 0 Å². The molecule has 0 unspecified atom stereocenters. The first-order valence-electron chi connectivity index (χ1n) is 5.14. The zero-order chi connectivity index (χ0) is 8.81. The molecule has 0 N–H and O–H groups in total. The fraction of sp³-hybridized carbons (Fsp3) is 0.667. The van der Waals surface area contributed by atoms with Crippen molar-refractivity contribution < 1.29 is 0 Å². The van der Waals surface area contributed by atoms with E-state index in [1.54, 1.807) is 0 Å². The molecule has 12 heavy (non-hydrogen) atoms. The molecule has 0 spiro atoms. The minimum Gasteiger partial charge on any atom is -0.0877 e. The van der Waals surface area contributed by atoms with Gasteiger partial charge in [0, 0.05) is 0 Å². The molecule has 0 aromatic carbocycles. The molecule has 0 nitrogen and oxygen atoms in total. The summed E-state index contributed by atoms with van der Waals surface area (Å²) in [5.74, 6) is 1.75. The van der Waals surface area contributed by atoms with Crippen LogP contribution in [-0.4, -0.2) is 0 Å². The maximum Gasteiger partial charge on any atom is -0.0205 e. The van der Waals surface area contributed by atoms with Crippen molar-refractivity contribution in [3.8, 4) is 0 Å². The maximum atomic E-state index is 2.38. The van der Waals surface area contributed by atoms with E-state index >= 15 is 0 Å². The van der Waals surface area contributed by atoms with Gasteiger partial charge in [-0.05, 0) is 25.2 Å². The minimum atomic E-state index is 0.843. The van der Waals surface area contributed by atoms with Gasteiger partial charge in [-0.15, -0.1) is 0 Å². The van der Waals surface area contributed by atoms with Gasteiger partial charge < -0.3 is 0 Å². The highest BCUT2D eigenvalue weighted by atomic mass is 14.2. The van der Waals surface area contributed by atoms with Gasteiger partial charge in [0.2, 0.25) is 0 Å². The molecule has 0 aromatic heterocycles. The second kappa shape index (κ2) is 5.18. The van der Waals surface area contributed by atoms with Gasteiger partial charge in [0.15, 0.2) is 0 Å². The van der Waals surface area contributed by atoms with E-state index in [0.29, 0.717) is 0 Å². The molecule has 1 fully saturated rings. The minimum absolute atomic E-state index is 0.843. The van der Waals surface area contributed by atoms with Gasteiger partial charge in [0.05, 0.1) is 0 Å². The predicted octanol–water partition coefficient (Wildman–Crippen LogP) is 3.95. The van der Waals surface area contributed by atoms with Crippen LogP contribution in [0.2, 0.25) is 0 Å². The smallest absolute Gasteiger partial charge is 0.0205 e. The molecule has 0 bridgehead atoms. The Balaban J connectivity index is 2.38. The zero-order valence-corrected chi connectivity index (χ0v) is 8.29. The third kappa shape index (κ3) is 2.84. The highest BCUT2D eigenvalue weighted by Crippen LogP contribution is 2.30. The summed E-state index contributed by atoms with van der Waals surface area (Å²) in [5, 5.41) is 0. The normalized spacial score (nSPS) is 31.8. The van der Waals surface area contributed by atoms with Crippen LogP contribution in [0.5, 0.6) is 0 Å². The summed E-state index contributed by atoms with van der Waals surface area (Å²) in [6.45, 7) is 4.44. The van der Waals surface area contributed by atoms with Crippen molar-refractivity contribution in [3.05, 3.63) is 24.3 Å². The lowest BCUT2D eigenvalue weighted by molar-refractivity contribution is 0.306. The Kier molecular flexibility index (Phi) is 4.13. The fourth-order valence-corrected chi connectivity index (χ4v) is 1.95. The monoisotopic (exact) mass is 164 g/mol. The molecule has 1 aliphatic carbocycles. The number of allylic oxidation sites excluding steroid dienone is 4. The van der Waals surface area contributed by atoms with Crippen LogP contribution in [-0.2, 0) is 0 Å². The average Bonchev–Trinajstić information content (AvgIpc) is 2.09. The van der Waals surface area contributed by atoms with Gasteiger partial charge in [-0.1, -0.05) is 50.5 Å². The standard InChI is InChI=1S/C12H20/c1-3-4-5-9-12-10-7-6-8-11(12)2/h3-5,9,11-12H,6-8,10H2,1-2H3/b4-3+,9-5+/t11-,12-/m1/s1. The van der Waals surface area contributed by atoms with E-state index in [-0.39, 0.29) is 0 Å². The summed E-state index contributed by atoms with van der Waals surface area (Å²) in [5.41, 5.74) is 0. The van der Waals surface area contributed by atoms with Gasteiger partial charge in [0.25, 0.3) is 0 Å². The Morgan fingerprint density at radius 2 is 1.83 bits per heavy atom. The third-order valence-corrected chi connectivity index (χ3v) is 2.84. The first-order valence-corrected chi connectivity index (χ1v) is 5.14. The first kappa shape index (κ1) is 9.57. The largest absolute Gasteiger partial charge is 0.0877 e. The number of rotatable bonds is 2. The lowest BCUT2D eigenvalue weighted by Gasteiger charge is -2.25. The molecule has 1 rings (SSSR count). The Hall–Kier alpha value is -0.520. The van der Waals surface area contributed by atoms with E-state index in [9.17, 15) is 0 Å². The Labute approximate surface area is 76.4 Å². The number of hydrogen-bond donors (Lipinski definition) is 0. The van der Waals surface area contributed by atoms with Crippen LogP contribution in [0, 0.1) is 11.8 Å². The Morgan fingerprint density at radius 3 is 2.50 bits per heavy atom. The van der Waals surface area contributed by atoms with Crippen molar-refractivity contribution >= 4 is 0 Å². The van der Waals surface area contributed by atoms with Gasteiger partial charge in [-0.25, -0.2) is 0 Å². The summed E-state index contributed by atoms with van der Waals surface area (Å²) >= 11 is 0. The van der Waals surface area contributed by atoms with Crippen LogP contribution < -0.4 is 0 Å². The topological polar surface area (TPSA) is 0 Å². The van der Waals surface area contributed by atoms with Crippen LogP contribution in [0.4, 0.5) is 0 Å². The first-order chi connectivity index (χ1) is 5.84. The third-order valence-electron chi connectivity index (χ3n) is 2.84. The SMILES string of the molecule is C/C=C/C=C/[C@@H]1CCCC[C@H]1C. The Bertz CT molecular complexity index is 165. The van der Waals surface area contributed by atoms with Crippen molar-refractivity contribution in [2.45, 2.75) is 39.5 Å². The summed E-state index contributed by atoms with van der Waals surface area (Å²) in [4.78, 5) is 0. The molecule has 1 aliphatic rings. The van der Waals surface area contributed by atoms with Crippen LogP contribution in [0.3, 0.4) is 0 Å². The van der Waals surface area contributed by atoms with E-state index in [1.165, 1.54) is 25.7 Å². The molecule has 68 valence electrons. The number of hydrogen-bond acceptors (Lipinski definition) is 0. The van der Waals surface area contributed by atoms with E-state index < -0.39 is 0 Å². The van der Waals surface area contributed by atoms with Crippen molar-refractivity contribution in [2.24, 2.45) is 11.8 Å². The highest BCUT2D eigenvalue weighted by Gasteiger charge is 2.17. The molecule has 0 aliphatic heterocycles. The average molecular weight is 164 g/mol.